The average Bonchev–Trinajstić information content (AvgIpc) is 3.00. The smallest absolute Gasteiger partial charge is 0.267 e. The summed E-state index contributed by atoms with van der Waals surface area (Å²) in [5.41, 5.74) is 2.93. The van der Waals surface area contributed by atoms with E-state index in [9.17, 15) is 4.79 Å². The number of fused-ring (bicyclic) bond motifs is 3. The van der Waals surface area contributed by atoms with Crippen LogP contribution in [0.15, 0.2) is 34.2 Å². The highest BCUT2D eigenvalue weighted by atomic mass is 32.2. The number of nitrogens with zero attached hydrogens (tertiary/aromatic N) is 2. The van der Waals surface area contributed by atoms with Crippen LogP contribution in [0, 0.1) is 6.92 Å². The third-order valence-electron chi connectivity index (χ3n) is 5.27. The molecule has 6 heteroatoms. The van der Waals surface area contributed by atoms with Crippen LogP contribution in [0.5, 0.6) is 0 Å². The maximum absolute atomic E-state index is 13.6. The Bertz CT molecular complexity index is 1050. The van der Waals surface area contributed by atoms with Crippen LogP contribution >= 0.6 is 23.1 Å². The van der Waals surface area contributed by atoms with E-state index in [0.29, 0.717) is 6.61 Å². The first kappa shape index (κ1) is 17.8. The van der Waals surface area contributed by atoms with Crippen molar-refractivity contribution in [3.05, 3.63) is 50.6 Å². The molecule has 26 heavy (non-hydrogen) atoms. The van der Waals surface area contributed by atoms with E-state index in [0.717, 1.165) is 49.9 Å². The Kier molecular flexibility index (Phi) is 4.45. The fourth-order valence-corrected chi connectivity index (χ4v) is 5.19. The molecule has 0 aliphatic carbocycles. The van der Waals surface area contributed by atoms with Crippen LogP contribution < -0.4 is 5.56 Å². The van der Waals surface area contributed by atoms with Gasteiger partial charge in [0.15, 0.2) is 5.16 Å². The molecule has 0 bridgehead atoms. The second-order valence-corrected chi connectivity index (χ2v) is 8.84. The van der Waals surface area contributed by atoms with E-state index in [2.05, 4.69) is 13.8 Å². The molecule has 0 spiro atoms. The fraction of sp³-hybridized carbons (Fsp3) is 0.400. The fourth-order valence-electron chi connectivity index (χ4n) is 3.49. The SMILES string of the molecule is CCC1(C)Cc2c(sc3nc(SC)n(-c4ccccc4C)c(=O)c23)CO1. The van der Waals surface area contributed by atoms with E-state index >= 15 is 0 Å². The molecule has 0 amide bonds. The first-order chi connectivity index (χ1) is 12.5. The number of para-hydroxylation sites is 1. The van der Waals surface area contributed by atoms with Gasteiger partial charge in [-0.2, -0.15) is 0 Å². The van der Waals surface area contributed by atoms with Crippen LogP contribution in [-0.4, -0.2) is 21.4 Å². The van der Waals surface area contributed by atoms with Crippen molar-refractivity contribution in [3.63, 3.8) is 0 Å². The molecular weight excluding hydrogens is 364 g/mol. The zero-order chi connectivity index (χ0) is 18.5. The molecule has 2 aromatic heterocycles. The molecule has 1 atom stereocenters. The highest BCUT2D eigenvalue weighted by molar-refractivity contribution is 7.98. The number of hydrogen-bond donors (Lipinski definition) is 0. The predicted molar refractivity (Wildman–Crippen MR) is 109 cm³/mol. The van der Waals surface area contributed by atoms with Crippen molar-refractivity contribution >= 4 is 33.3 Å². The van der Waals surface area contributed by atoms with Crippen molar-refractivity contribution in [2.24, 2.45) is 0 Å². The zero-order valence-electron chi connectivity index (χ0n) is 15.5. The van der Waals surface area contributed by atoms with Crippen molar-refractivity contribution in [1.82, 2.24) is 9.55 Å². The maximum atomic E-state index is 13.6. The zero-order valence-corrected chi connectivity index (χ0v) is 17.1. The summed E-state index contributed by atoms with van der Waals surface area (Å²) in [4.78, 5) is 20.4. The number of aromatic nitrogens is 2. The van der Waals surface area contributed by atoms with Crippen LogP contribution in [0.1, 0.15) is 36.3 Å². The molecule has 136 valence electrons. The lowest BCUT2D eigenvalue weighted by molar-refractivity contribution is -0.0543. The molecule has 3 aromatic rings. The second-order valence-electron chi connectivity index (χ2n) is 6.98. The van der Waals surface area contributed by atoms with E-state index in [4.69, 9.17) is 9.72 Å². The van der Waals surface area contributed by atoms with Gasteiger partial charge >= 0.3 is 0 Å². The molecule has 0 radical (unpaired) electrons. The van der Waals surface area contributed by atoms with Gasteiger partial charge in [0.2, 0.25) is 0 Å². The van der Waals surface area contributed by atoms with Crippen LogP contribution in [0.4, 0.5) is 0 Å². The van der Waals surface area contributed by atoms with Gasteiger partial charge in [-0.3, -0.25) is 9.36 Å². The molecular formula is C20H22N2O2S2. The Morgan fingerprint density at radius 3 is 2.85 bits per heavy atom. The lowest BCUT2D eigenvalue weighted by Crippen LogP contribution is -2.34. The van der Waals surface area contributed by atoms with Gasteiger partial charge in [0.25, 0.3) is 5.56 Å². The summed E-state index contributed by atoms with van der Waals surface area (Å²) in [6.45, 7) is 6.86. The van der Waals surface area contributed by atoms with E-state index in [-0.39, 0.29) is 11.2 Å². The van der Waals surface area contributed by atoms with Crippen molar-refractivity contribution in [2.45, 2.75) is 51.0 Å². The summed E-state index contributed by atoms with van der Waals surface area (Å²) < 4.78 is 7.84. The highest BCUT2D eigenvalue weighted by Gasteiger charge is 2.33. The average molecular weight is 387 g/mol. The third kappa shape index (κ3) is 2.71. The topological polar surface area (TPSA) is 44.1 Å². The van der Waals surface area contributed by atoms with Gasteiger partial charge in [-0.1, -0.05) is 36.9 Å². The van der Waals surface area contributed by atoms with Crippen LogP contribution in [0.3, 0.4) is 0 Å². The number of thiophene rings is 1. The van der Waals surface area contributed by atoms with Crippen LogP contribution in [0.25, 0.3) is 15.9 Å². The predicted octanol–water partition coefficient (Wildman–Crippen LogP) is 4.72. The summed E-state index contributed by atoms with van der Waals surface area (Å²) in [6.07, 6.45) is 3.65. The number of rotatable bonds is 3. The van der Waals surface area contributed by atoms with Gasteiger partial charge in [-0.05, 0) is 43.7 Å². The Labute approximate surface area is 161 Å². The monoisotopic (exact) mass is 386 g/mol. The van der Waals surface area contributed by atoms with Gasteiger partial charge in [-0.25, -0.2) is 4.98 Å². The standard InChI is InChI=1S/C20H22N2O2S2/c1-5-20(3)10-13-15(11-24-20)26-17-16(13)18(23)22(19(21-17)25-4)14-9-7-6-8-12(14)2/h6-9H,5,10-11H2,1-4H3. The third-order valence-corrected chi connectivity index (χ3v) is 7.01. The Hall–Kier alpha value is -1.63. The number of hydrogen-bond acceptors (Lipinski definition) is 5. The molecule has 3 heterocycles. The van der Waals surface area contributed by atoms with E-state index in [1.807, 2.05) is 37.4 Å². The molecule has 1 aliphatic heterocycles. The van der Waals surface area contributed by atoms with E-state index in [1.165, 1.54) is 11.8 Å². The Morgan fingerprint density at radius 1 is 1.38 bits per heavy atom. The Morgan fingerprint density at radius 2 is 2.15 bits per heavy atom. The van der Waals surface area contributed by atoms with E-state index in [1.54, 1.807) is 15.9 Å². The number of ether oxygens (including phenoxy) is 1. The largest absolute Gasteiger partial charge is 0.369 e. The minimum absolute atomic E-state index is 0.0338. The molecule has 0 N–H and O–H groups in total. The summed E-state index contributed by atoms with van der Waals surface area (Å²) >= 11 is 3.11. The van der Waals surface area contributed by atoms with Gasteiger partial charge < -0.3 is 4.74 Å². The van der Waals surface area contributed by atoms with Crippen molar-refractivity contribution in [1.29, 1.82) is 0 Å². The Balaban J connectivity index is 2.03. The van der Waals surface area contributed by atoms with E-state index < -0.39 is 0 Å². The minimum Gasteiger partial charge on any atom is -0.369 e. The first-order valence-corrected chi connectivity index (χ1v) is 10.8. The maximum Gasteiger partial charge on any atom is 0.267 e. The second kappa shape index (κ2) is 6.51. The van der Waals surface area contributed by atoms with Gasteiger partial charge in [-0.15, -0.1) is 11.3 Å². The van der Waals surface area contributed by atoms with Crippen molar-refractivity contribution in [2.75, 3.05) is 6.26 Å². The van der Waals surface area contributed by atoms with Crippen LogP contribution in [-0.2, 0) is 17.8 Å². The summed E-state index contributed by atoms with van der Waals surface area (Å²) in [6, 6.07) is 7.97. The number of thioether (sulfide) groups is 1. The highest BCUT2D eigenvalue weighted by Crippen LogP contribution is 2.39. The molecule has 4 rings (SSSR count). The minimum atomic E-state index is -0.209. The first-order valence-electron chi connectivity index (χ1n) is 8.78. The lowest BCUT2D eigenvalue weighted by Gasteiger charge is -2.32. The molecule has 4 nitrogen and oxygen atoms in total. The van der Waals surface area contributed by atoms with Crippen molar-refractivity contribution in [3.8, 4) is 5.69 Å². The quantitative estimate of drug-likeness (QED) is 0.483. The molecule has 0 fully saturated rings. The molecule has 1 aliphatic rings. The molecule has 0 saturated carbocycles. The summed E-state index contributed by atoms with van der Waals surface area (Å²) in [5, 5.41) is 1.50. The van der Waals surface area contributed by atoms with Gasteiger partial charge in [0, 0.05) is 11.3 Å². The van der Waals surface area contributed by atoms with Crippen LogP contribution in [0.2, 0.25) is 0 Å². The summed E-state index contributed by atoms with van der Waals surface area (Å²) in [7, 11) is 0. The molecule has 0 saturated heterocycles. The normalized spacial score (nSPS) is 19.7. The summed E-state index contributed by atoms with van der Waals surface area (Å²) in [5.74, 6) is 0. The lowest BCUT2D eigenvalue weighted by atomic mass is 9.90. The molecule has 1 unspecified atom stereocenters. The van der Waals surface area contributed by atoms with Crippen molar-refractivity contribution < 1.29 is 4.74 Å². The van der Waals surface area contributed by atoms with Gasteiger partial charge in [0.05, 0.1) is 23.3 Å². The molecule has 1 aromatic carbocycles. The number of aryl methyl sites for hydroxylation is 1. The van der Waals surface area contributed by atoms with Gasteiger partial charge in [0.1, 0.15) is 4.83 Å². The number of benzene rings is 1.